The highest BCUT2D eigenvalue weighted by atomic mass is 19.1. The van der Waals surface area contributed by atoms with E-state index in [0.717, 1.165) is 13.1 Å². The van der Waals surface area contributed by atoms with E-state index in [1.54, 1.807) is 23.1 Å². The Labute approximate surface area is 124 Å². The van der Waals surface area contributed by atoms with Crippen molar-refractivity contribution in [1.82, 2.24) is 15.1 Å². The lowest BCUT2D eigenvalue weighted by Crippen LogP contribution is -2.52. The minimum Gasteiger partial charge on any atom is -0.395 e. The molecular weight excluding hydrogens is 273 g/mol. The molecule has 0 spiro atoms. The number of amides is 2. The maximum atomic E-state index is 13.4. The highest BCUT2D eigenvalue weighted by Crippen LogP contribution is 2.06. The average Bonchev–Trinajstić information content (AvgIpc) is 2.50. The number of nitrogens with zero attached hydrogens (tertiary/aromatic N) is 2. The molecule has 0 aromatic heterocycles. The van der Waals surface area contributed by atoms with Gasteiger partial charge in [0.05, 0.1) is 6.61 Å². The van der Waals surface area contributed by atoms with E-state index in [2.05, 4.69) is 10.2 Å². The number of aliphatic hydroxyl groups is 1. The minimum absolute atomic E-state index is 0.102. The molecule has 1 saturated heterocycles. The Hall–Kier alpha value is -1.66. The van der Waals surface area contributed by atoms with Gasteiger partial charge in [0.2, 0.25) is 0 Å². The van der Waals surface area contributed by atoms with Gasteiger partial charge in [-0.2, -0.15) is 0 Å². The number of hydrogen-bond donors (Lipinski definition) is 2. The number of urea groups is 1. The first kappa shape index (κ1) is 15.7. The van der Waals surface area contributed by atoms with Crippen LogP contribution in [0.25, 0.3) is 0 Å². The summed E-state index contributed by atoms with van der Waals surface area (Å²) in [6, 6.07) is 6.51. The number of aliphatic hydroxyl groups excluding tert-OH is 1. The first-order chi connectivity index (χ1) is 10.2. The number of carbonyl (C=O) groups is 1. The number of β-amino-alcohol motifs (C(OH)–C–C–N with tert-alkyl or cyclic N) is 1. The van der Waals surface area contributed by atoms with Crippen molar-refractivity contribution in [3.63, 3.8) is 0 Å². The summed E-state index contributed by atoms with van der Waals surface area (Å²) in [5.74, 6) is -0.232. The predicted molar refractivity (Wildman–Crippen MR) is 78.6 cm³/mol. The molecule has 116 valence electrons. The van der Waals surface area contributed by atoms with Gasteiger partial charge < -0.3 is 15.3 Å². The predicted octanol–water partition coefficient (Wildman–Crippen LogP) is 0.688. The van der Waals surface area contributed by atoms with E-state index in [4.69, 9.17) is 5.11 Å². The molecule has 2 amide bonds. The van der Waals surface area contributed by atoms with Crippen LogP contribution in [0, 0.1) is 5.82 Å². The van der Waals surface area contributed by atoms with E-state index in [1.165, 1.54) is 6.07 Å². The fourth-order valence-corrected chi connectivity index (χ4v) is 2.43. The molecule has 1 aromatic rings. The molecule has 5 nitrogen and oxygen atoms in total. The number of halogens is 1. The van der Waals surface area contributed by atoms with Crippen LogP contribution in [0.1, 0.15) is 5.56 Å². The van der Waals surface area contributed by atoms with Gasteiger partial charge >= 0.3 is 6.03 Å². The van der Waals surface area contributed by atoms with Gasteiger partial charge in [-0.1, -0.05) is 18.2 Å². The summed E-state index contributed by atoms with van der Waals surface area (Å²) >= 11 is 0. The molecule has 1 aliphatic rings. The molecule has 2 N–H and O–H groups in total. The molecule has 0 bridgehead atoms. The molecule has 0 atom stereocenters. The van der Waals surface area contributed by atoms with E-state index >= 15 is 0 Å². The number of rotatable bonds is 5. The third-order valence-electron chi connectivity index (χ3n) is 3.70. The van der Waals surface area contributed by atoms with E-state index in [1.807, 2.05) is 0 Å². The van der Waals surface area contributed by atoms with Gasteiger partial charge in [-0.3, -0.25) is 4.90 Å². The second-order valence-electron chi connectivity index (χ2n) is 5.13. The second kappa shape index (κ2) is 7.95. The highest BCUT2D eigenvalue weighted by molar-refractivity contribution is 5.74. The van der Waals surface area contributed by atoms with Crippen molar-refractivity contribution in [2.24, 2.45) is 0 Å². The highest BCUT2D eigenvalue weighted by Gasteiger charge is 2.20. The Morgan fingerprint density at radius 2 is 1.95 bits per heavy atom. The Bertz CT molecular complexity index is 462. The Morgan fingerprint density at radius 3 is 2.62 bits per heavy atom. The number of nitrogens with one attached hydrogen (secondary N) is 1. The van der Waals surface area contributed by atoms with Crippen molar-refractivity contribution in [2.75, 3.05) is 45.9 Å². The van der Waals surface area contributed by atoms with E-state index in [-0.39, 0.29) is 18.5 Å². The van der Waals surface area contributed by atoms with Gasteiger partial charge in [0.1, 0.15) is 5.82 Å². The van der Waals surface area contributed by atoms with Crippen LogP contribution in [-0.2, 0) is 6.42 Å². The van der Waals surface area contributed by atoms with Crippen LogP contribution < -0.4 is 5.32 Å². The summed E-state index contributed by atoms with van der Waals surface area (Å²) in [5, 5.41) is 11.7. The number of hydrogen-bond acceptors (Lipinski definition) is 3. The SMILES string of the molecule is O=C(NCCc1ccccc1F)N1CCN(CCO)CC1. The van der Waals surface area contributed by atoms with Crippen molar-refractivity contribution < 1.29 is 14.3 Å². The molecular formula is C15H22FN3O2. The number of carbonyl (C=O) groups excluding carboxylic acids is 1. The summed E-state index contributed by atoms with van der Waals surface area (Å²) in [7, 11) is 0. The van der Waals surface area contributed by atoms with Gasteiger partial charge in [0.15, 0.2) is 0 Å². The molecule has 0 unspecified atom stereocenters. The van der Waals surface area contributed by atoms with Gasteiger partial charge in [0, 0.05) is 39.3 Å². The van der Waals surface area contributed by atoms with Crippen LogP contribution >= 0.6 is 0 Å². The fourth-order valence-electron chi connectivity index (χ4n) is 2.43. The van der Waals surface area contributed by atoms with Gasteiger partial charge in [-0.25, -0.2) is 9.18 Å². The lowest BCUT2D eigenvalue weighted by Gasteiger charge is -2.34. The molecule has 1 fully saturated rings. The van der Waals surface area contributed by atoms with E-state index in [0.29, 0.717) is 38.2 Å². The molecule has 21 heavy (non-hydrogen) atoms. The van der Waals surface area contributed by atoms with Crippen molar-refractivity contribution in [1.29, 1.82) is 0 Å². The van der Waals surface area contributed by atoms with Crippen LogP contribution in [0.3, 0.4) is 0 Å². The van der Waals surface area contributed by atoms with Crippen LogP contribution in [0.5, 0.6) is 0 Å². The van der Waals surface area contributed by atoms with Crippen molar-refractivity contribution >= 4 is 6.03 Å². The third-order valence-corrected chi connectivity index (χ3v) is 3.70. The monoisotopic (exact) mass is 295 g/mol. The first-order valence-electron chi connectivity index (χ1n) is 7.30. The lowest BCUT2D eigenvalue weighted by molar-refractivity contribution is 0.122. The average molecular weight is 295 g/mol. The number of piperazine rings is 1. The summed E-state index contributed by atoms with van der Waals surface area (Å²) in [4.78, 5) is 15.9. The van der Waals surface area contributed by atoms with Crippen LogP contribution in [0.15, 0.2) is 24.3 Å². The molecule has 1 heterocycles. The summed E-state index contributed by atoms with van der Waals surface area (Å²) in [6.07, 6.45) is 0.489. The molecule has 0 radical (unpaired) electrons. The van der Waals surface area contributed by atoms with Crippen molar-refractivity contribution in [3.05, 3.63) is 35.6 Å². The van der Waals surface area contributed by atoms with Crippen LogP contribution in [-0.4, -0.2) is 66.8 Å². The Kier molecular flexibility index (Phi) is 5.95. The number of benzene rings is 1. The molecule has 1 aromatic carbocycles. The topological polar surface area (TPSA) is 55.8 Å². The Morgan fingerprint density at radius 1 is 1.24 bits per heavy atom. The Balaban J connectivity index is 1.70. The molecule has 1 aliphatic heterocycles. The van der Waals surface area contributed by atoms with Gasteiger partial charge in [-0.15, -0.1) is 0 Å². The smallest absolute Gasteiger partial charge is 0.317 e. The van der Waals surface area contributed by atoms with E-state index < -0.39 is 0 Å². The summed E-state index contributed by atoms with van der Waals surface area (Å²) in [5.41, 5.74) is 0.616. The molecule has 6 heteroatoms. The first-order valence-corrected chi connectivity index (χ1v) is 7.30. The van der Waals surface area contributed by atoms with Crippen molar-refractivity contribution in [2.45, 2.75) is 6.42 Å². The van der Waals surface area contributed by atoms with Crippen LogP contribution in [0.4, 0.5) is 9.18 Å². The standard InChI is InChI=1S/C15H22FN3O2/c16-14-4-2-1-3-13(14)5-6-17-15(21)19-9-7-18(8-10-19)11-12-20/h1-4,20H,5-12H2,(H,17,21). The molecule has 0 saturated carbocycles. The summed E-state index contributed by atoms with van der Waals surface area (Å²) < 4.78 is 13.4. The maximum Gasteiger partial charge on any atom is 0.317 e. The third kappa shape index (κ3) is 4.68. The molecule has 2 rings (SSSR count). The van der Waals surface area contributed by atoms with Crippen molar-refractivity contribution in [3.8, 4) is 0 Å². The lowest BCUT2D eigenvalue weighted by atomic mass is 10.1. The maximum absolute atomic E-state index is 13.4. The second-order valence-corrected chi connectivity index (χ2v) is 5.13. The van der Waals surface area contributed by atoms with Crippen LogP contribution in [0.2, 0.25) is 0 Å². The van der Waals surface area contributed by atoms with Gasteiger partial charge in [0.25, 0.3) is 0 Å². The zero-order valence-electron chi connectivity index (χ0n) is 12.1. The van der Waals surface area contributed by atoms with Gasteiger partial charge in [-0.05, 0) is 18.1 Å². The minimum atomic E-state index is -0.232. The zero-order valence-corrected chi connectivity index (χ0v) is 12.1. The molecule has 0 aliphatic carbocycles. The summed E-state index contributed by atoms with van der Waals surface area (Å²) in [6.45, 7) is 4.11. The largest absolute Gasteiger partial charge is 0.395 e. The van der Waals surface area contributed by atoms with E-state index in [9.17, 15) is 9.18 Å². The zero-order chi connectivity index (χ0) is 15.1. The fraction of sp³-hybridized carbons (Fsp3) is 0.533. The quantitative estimate of drug-likeness (QED) is 0.840. The normalized spacial score (nSPS) is 16.0.